The zero-order valence-electron chi connectivity index (χ0n) is 13.6. The Labute approximate surface area is 139 Å². The van der Waals surface area contributed by atoms with Crippen LogP contribution in [0.2, 0.25) is 0 Å². The molecule has 0 aliphatic heterocycles. The van der Waals surface area contributed by atoms with Crippen LogP contribution < -0.4 is 10.8 Å². The molecule has 0 aromatic heterocycles. The fourth-order valence-electron chi connectivity index (χ4n) is 2.16. The number of hydrogen-bond donors (Lipinski definition) is 1. The molecule has 2 aromatic rings. The first-order valence-electron chi connectivity index (χ1n) is 7.49. The van der Waals surface area contributed by atoms with Gasteiger partial charge in [-0.25, -0.2) is 0 Å². The number of hydroxylamine groups is 1. The summed E-state index contributed by atoms with van der Waals surface area (Å²) in [5.41, 5.74) is 4.38. The monoisotopic (exact) mass is 333 g/mol. The number of rotatable bonds is 5. The predicted molar refractivity (Wildman–Crippen MR) is 99.2 cm³/mol. The van der Waals surface area contributed by atoms with Crippen molar-refractivity contribution >= 4 is 23.4 Å². The van der Waals surface area contributed by atoms with E-state index in [1.54, 1.807) is 0 Å². The second kappa shape index (κ2) is 7.06. The molecule has 0 bridgehead atoms. The smallest absolute Gasteiger partial charge is 0.123 e. The van der Waals surface area contributed by atoms with Gasteiger partial charge in [-0.05, 0) is 12.5 Å². The molecular formula is C18H24NOPS. The lowest BCUT2D eigenvalue weighted by Gasteiger charge is -2.35. The van der Waals surface area contributed by atoms with Crippen LogP contribution in [0.5, 0.6) is 0 Å². The molecule has 2 aromatic carbocycles. The molecule has 2 atom stereocenters. The lowest BCUT2D eigenvalue weighted by Crippen LogP contribution is -2.30. The SMILES string of the molecule is CC(NOP(=S)(c1ccccc1)C(C)(C)C)c1ccccc1. The van der Waals surface area contributed by atoms with Gasteiger partial charge >= 0.3 is 0 Å². The maximum absolute atomic E-state index is 6.17. The zero-order chi connectivity index (χ0) is 16.2. The number of benzene rings is 2. The van der Waals surface area contributed by atoms with Gasteiger partial charge in [0.15, 0.2) is 0 Å². The van der Waals surface area contributed by atoms with Crippen LogP contribution in [0.4, 0.5) is 0 Å². The van der Waals surface area contributed by atoms with E-state index in [2.05, 4.69) is 57.4 Å². The largest absolute Gasteiger partial charge is 0.266 e. The van der Waals surface area contributed by atoms with Crippen LogP contribution in [-0.2, 0) is 16.4 Å². The summed E-state index contributed by atoms with van der Waals surface area (Å²) in [5.74, 6) is 0. The zero-order valence-corrected chi connectivity index (χ0v) is 15.3. The fraction of sp³-hybridized carbons (Fsp3) is 0.333. The van der Waals surface area contributed by atoms with E-state index in [1.807, 2.05) is 36.4 Å². The van der Waals surface area contributed by atoms with Gasteiger partial charge in [0, 0.05) is 10.5 Å². The first-order valence-corrected chi connectivity index (χ1v) is 10.2. The Morgan fingerprint density at radius 3 is 1.95 bits per heavy atom. The van der Waals surface area contributed by atoms with Crippen LogP contribution in [0, 0.1) is 0 Å². The van der Waals surface area contributed by atoms with Crippen molar-refractivity contribution in [3.8, 4) is 0 Å². The molecule has 4 heteroatoms. The van der Waals surface area contributed by atoms with Gasteiger partial charge in [-0.2, -0.15) is 5.48 Å². The van der Waals surface area contributed by atoms with E-state index in [1.165, 1.54) is 5.56 Å². The van der Waals surface area contributed by atoms with Crippen molar-refractivity contribution in [1.82, 2.24) is 5.48 Å². The molecule has 0 aliphatic carbocycles. The third-order valence-electron chi connectivity index (χ3n) is 3.64. The topological polar surface area (TPSA) is 21.3 Å². The van der Waals surface area contributed by atoms with E-state index in [0.717, 1.165) is 5.30 Å². The summed E-state index contributed by atoms with van der Waals surface area (Å²) in [6, 6.07) is 20.5. The van der Waals surface area contributed by atoms with Crippen molar-refractivity contribution < 1.29 is 4.62 Å². The van der Waals surface area contributed by atoms with Crippen LogP contribution in [0.25, 0.3) is 0 Å². The maximum atomic E-state index is 6.17. The van der Waals surface area contributed by atoms with Crippen LogP contribution >= 0.6 is 6.26 Å². The van der Waals surface area contributed by atoms with Gasteiger partial charge in [-0.1, -0.05) is 93.2 Å². The molecule has 2 unspecified atom stereocenters. The van der Waals surface area contributed by atoms with Crippen LogP contribution in [0.3, 0.4) is 0 Å². The van der Waals surface area contributed by atoms with E-state index in [0.29, 0.717) is 0 Å². The van der Waals surface area contributed by atoms with Crippen molar-refractivity contribution in [2.24, 2.45) is 0 Å². The normalized spacial score (nSPS) is 16.0. The third-order valence-corrected chi connectivity index (χ3v) is 9.24. The summed E-state index contributed by atoms with van der Waals surface area (Å²) in [4.78, 5) is 0. The molecule has 0 heterocycles. The molecule has 0 spiro atoms. The molecule has 0 radical (unpaired) electrons. The van der Waals surface area contributed by atoms with Crippen molar-refractivity contribution in [2.75, 3.05) is 0 Å². The van der Waals surface area contributed by atoms with E-state index in [9.17, 15) is 0 Å². The van der Waals surface area contributed by atoms with Crippen molar-refractivity contribution in [1.29, 1.82) is 0 Å². The second-order valence-corrected chi connectivity index (χ2v) is 11.1. The quantitative estimate of drug-likeness (QED) is 0.628. The van der Waals surface area contributed by atoms with E-state index in [-0.39, 0.29) is 11.2 Å². The Hall–Kier alpha value is -0.990. The van der Waals surface area contributed by atoms with Crippen LogP contribution in [-0.4, -0.2) is 5.16 Å². The van der Waals surface area contributed by atoms with E-state index in [4.69, 9.17) is 16.4 Å². The second-order valence-electron chi connectivity index (χ2n) is 6.40. The van der Waals surface area contributed by atoms with E-state index < -0.39 is 6.26 Å². The van der Waals surface area contributed by atoms with Gasteiger partial charge in [-0.3, -0.25) is 4.62 Å². The molecule has 118 valence electrons. The molecule has 2 rings (SSSR count). The highest BCUT2D eigenvalue weighted by Crippen LogP contribution is 2.57. The van der Waals surface area contributed by atoms with Gasteiger partial charge in [-0.15, -0.1) is 0 Å². The van der Waals surface area contributed by atoms with Crippen LogP contribution in [0.15, 0.2) is 60.7 Å². The minimum absolute atomic E-state index is 0.0922. The summed E-state index contributed by atoms with van der Waals surface area (Å²) in [6.45, 7) is 8.53. The summed E-state index contributed by atoms with van der Waals surface area (Å²) in [7, 11) is 0. The van der Waals surface area contributed by atoms with Crippen molar-refractivity contribution in [3.63, 3.8) is 0 Å². The summed E-state index contributed by atoms with van der Waals surface area (Å²) >= 11 is 6.00. The van der Waals surface area contributed by atoms with Gasteiger partial charge in [0.05, 0.1) is 6.04 Å². The van der Waals surface area contributed by atoms with Crippen molar-refractivity contribution in [3.05, 3.63) is 66.2 Å². The average molecular weight is 333 g/mol. The molecule has 22 heavy (non-hydrogen) atoms. The fourth-order valence-corrected chi connectivity index (χ4v) is 4.68. The highest BCUT2D eigenvalue weighted by Gasteiger charge is 2.35. The summed E-state index contributed by atoms with van der Waals surface area (Å²) < 4.78 is 6.17. The van der Waals surface area contributed by atoms with Crippen molar-refractivity contribution in [2.45, 2.75) is 38.9 Å². The number of nitrogens with one attached hydrogen (secondary N) is 1. The van der Waals surface area contributed by atoms with Gasteiger partial charge < -0.3 is 0 Å². The highest BCUT2D eigenvalue weighted by atomic mass is 32.4. The Bertz CT molecular complexity index is 637. The first kappa shape index (κ1) is 17.4. The van der Waals surface area contributed by atoms with Crippen LogP contribution in [0.1, 0.15) is 39.3 Å². The maximum Gasteiger partial charge on any atom is 0.123 e. The Balaban J connectivity index is 2.21. The minimum atomic E-state index is -2.21. The lowest BCUT2D eigenvalue weighted by atomic mass is 10.1. The molecule has 0 amide bonds. The van der Waals surface area contributed by atoms with Gasteiger partial charge in [0.1, 0.15) is 6.26 Å². The van der Waals surface area contributed by atoms with E-state index >= 15 is 0 Å². The molecule has 0 fully saturated rings. The Morgan fingerprint density at radius 1 is 0.955 bits per heavy atom. The third kappa shape index (κ3) is 3.85. The Morgan fingerprint density at radius 2 is 1.45 bits per heavy atom. The molecule has 1 N–H and O–H groups in total. The Kier molecular flexibility index (Phi) is 5.57. The molecular weight excluding hydrogens is 309 g/mol. The van der Waals surface area contributed by atoms with Gasteiger partial charge in [0.25, 0.3) is 0 Å². The summed E-state index contributed by atoms with van der Waals surface area (Å²) in [5, 5.41) is 0.984. The standard InChI is InChI=1S/C18H24NOPS/c1-15(16-11-7-5-8-12-16)19-20-21(22,18(2,3)4)17-13-9-6-10-14-17/h5-15,19H,1-4H3. The lowest BCUT2D eigenvalue weighted by molar-refractivity contribution is 0.180. The molecule has 0 saturated heterocycles. The van der Waals surface area contributed by atoms with Gasteiger partial charge in [0.2, 0.25) is 0 Å². The molecule has 0 aliphatic rings. The summed E-state index contributed by atoms with van der Waals surface area (Å²) in [6.07, 6.45) is -2.21. The minimum Gasteiger partial charge on any atom is -0.266 e. The first-order chi connectivity index (χ1) is 10.3. The molecule has 0 saturated carbocycles. The highest BCUT2D eigenvalue weighted by molar-refractivity contribution is 8.16. The number of hydrogen-bond acceptors (Lipinski definition) is 3. The molecule has 2 nitrogen and oxygen atoms in total. The average Bonchev–Trinajstić information content (AvgIpc) is 2.53. The predicted octanol–water partition coefficient (Wildman–Crippen LogP) is 4.79.